The predicted octanol–water partition coefficient (Wildman–Crippen LogP) is 2.58. The van der Waals surface area contributed by atoms with Crippen molar-refractivity contribution < 1.29 is 0 Å². The van der Waals surface area contributed by atoms with Gasteiger partial charge in [0.1, 0.15) is 10.7 Å². The molecule has 1 saturated carbocycles. The van der Waals surface area contributed by atoms with Crippen LogP contribution >= 0.6 is 12.2 Å². The molecule has 0 atom stereocenters. The molecule has 1 aliphatic carbocycles. The van der Waals surface area contributed by atoms with Gasteiger partial charge in [-0.05, 0) is 32.8 Å². The van der Waals surface area contributed by atoms with Crippen molar-refractivity contribution in [3.8, 4) is 0 Å². The number of hydrogen-bond acceptors (Lipinski definition) is 4. The van der Waals surface area contributed by atoms with Crippen molar-refractivity contribution in [1.82, 2.24) is 9.97 Å². The first-order valence-electron chi connectivity index (χ1n) is 7.04. The largest absolute Gasteiger partial charge is 0.388 e. The van der Waals surface area contributed by atoms with Crippen LogP contribution in [0.15, 0.2) is 6.07 Å². The Labute approximate surface area is 120 Å². The Hall–Kier alpha value is -1.23. The van der Waals surface area contributed by atoms with E-state index < -0.39 is 0 Å². The van der Waals surface area contributed by atoms with Crippen LogP contribution in [0.4, 0.5) is 5.95 Å². The summed E-state index contributed by atoms with van der Waals surface area (Å²) in [6.07, 6.45) is 6.41. The minimum absolute atomic E-state index is 0.339. The first kappa shape index (κ1) is 14.2. The minimum atomic E-state index is 0.339. The van der Waals surface area contributed by atoms with Gasteiger partial charge in [0.05, 0.1) is 0 Å². The van der Waals surface area contributed by atoms with Crippen molar-refractivity contribution in [1.29, 1.82) is 0 Å². The lowest BCUT2D eigenvalue weighted by molar-refractivity contribution is 0.414. The normalized spacial score (nSPS) is 16.3. The molecule has 0 aliphatic heterocycles. The Balaban J connectivity index is 2.28. The highest BCUT2D eigenvalue weighted by atomic mass is 32.1. The van der Waals surface area contributed by atoms with Gasteiger partial charge in [-0.2, -0.15) is 0 Å². The standard InChI is InChI=1S/C14H22N4S/c1-3-18(11-7-5-4-6-8-11)14-16-10(2)9-12(17-14)13(15)19/h9,11H,3-8H2,1-2H3,(H2,15,19). The van der Waals surface area contributed by atoms with E-state index in [0.29, 0.717) is 16.7 Å². The van der Waals surface area contributed by atoms with E-state index in [1.807, 2.05) is 13.0 Å². The summed E-state index contributed by atoms with van der Waals surface area (Å²) in [6, 6.07) is 2.40. The quantitative estimate of drug-likeness (QED) is 0.858. The molecule has 2 N–H and O–H groups in total. The molecule has 4 nitrogen and oxygen atoms in total. The molecule has 104 valence electrons. The van der Waals surface area contributed by atoms with Crippen molar-refractivity contribution in [2.24, 2.45) is 5.73 Å². The lowest BCUT2D eigenvalue weighted by atomic mass is 9.94. The van der Waals surface area contributed by atoms with E-state index in [1.54, 1.807) is 0 Å². The third-order valence-corrected chi connectivity index (χ3v) is 3.92. The molecule has 0 radical (unpaired) electrons. The topological polar surface area (TPSA) is 55.0 Å². The smallest absolute Gasteiger partial charge is 0.226 e. The Bertz CT molecular complexity index is 455. The molecule has 1 aromatic heterocycles. The van der Waals surface area contributed by atoms with Crippen LogP contribution < -0.4 is 10.6 Å². The van der Waals surface area contributed by atoms with E-state index in [0.717, 1.165) is 18.2 Å². The van der Waals surface area contributed by atoms with Crippen LogP contribution in [0.1, 0.15) is 50.4 Å². The van der Waals surface area contributed by atoms with Crippen molar-refractivity contribution in [3.05, 3.63) is 17.5 Å². The zero-order valence-corrected chi connectivity index (χ0v) is 12.5. The summed E-state index contributed by atoms with van der Waals surface area (Å²) in [5.41, 5.74) is 7.29. The summed E-state index contributed by atoms with van der Waals surface area (Å²) in [4.78, 5) is 11.7. The highest BCUT2D eigenvalue weighted by Crippen LogP contribution is 2.25. The van der Waals surface area contributed by atoms with Gasteiger partial charge in [-0.3, -0.25) is 0 Å². The second-order valence-corrected chi connectivity index (χ2v) is 5.58. The molecule has 1 aromatic rings. The average molecular weight is 278 g/mol. The minimum Gasteiger partial charge on any atom is -0.388 e. The SMILES string of the molecule is CCN(c1nc(C)cc(C(N)=S)n1)C1CCCCC1. The molecule has 0 amide bonds. The lowest BCUT2D eigenvalue weighted by Gasteiger charge is -2.33. The van der Waals surface area contributed by atoms with Gasteiger partial charge in [0.15, 0.2) is 0 Å². The van der Waals surface area contributed by atoms with Gasteiger partial charge in [-0.1, -0.05) is 31.5 Å². The molecule has 1 heterocycles. The summed E-state index contributed by atoms with van der Waals surface area (Å²) in [5, 5.41) is 0. The molecular formula is C14H22N4S. The number of aryl methyl sites for hydroxylation is 1. The van der Waals surface area contributed by atoms with Crippen molar-refractivity contribution in [2.45, 2.75) is 52.0 Å². The van der Waals surface area contributed by atoms with Gasteiger partial charge in [0, 0.05) is 18.3 Å². The van der Waals surface area contributed by atoms with Crippen LogP contribution in [-0.2, 0) is 0 Å². The molecule has 0 unspecified atom stereocenters. The summed E-state index contributed by atoms with van der Waals surface area (Å²) < 4.78 is 0. The van der Waals surface area contributed by atoms with Gasteiger partial charge in [0.2, 0.25) is 5.95 Å². The third kappa shape index (κ3) is 3.41. The Kier molecular flexibility index (Phi) is 4.69. The summed E-state index contributed by atoms with van der Waals surface area (Å²) in [7, 11) is 0. The van der Waals surface area contributed by atoms with Crippen molar-refractivity contribution in [2.75, 3.05) is 11.4 Å². The summed E-state index contributed by atoms with van der Waals surface area (Å²) >= 11 is 5.03. The van der Waals surface area contributed by atoms with Crippen LogP contribution in [0.3, 0.4) is 0 Å². The van der Waals surface area contributed by atoms with Gasteiger partial charge >= 0.3 is 0 Å². The van der Waals surface area contributed by atoms with Crippen molar-refractivity contribution in [3.63, 3.8) is 0 Å². The Morgan fingerprint density at radius 1 is 1.37 bits per heavy atom. The fraction of sp³-hybridized carbons (Fsp3) is 0.643. The van der Waals surface area contributed by atoms with Crippen LogP contribution in [0.2, 0.25) is 0 Å². The molecule has 19 heavy (non-hydrogen) atoms. The van der Waals surface area contributed by atoms with E-state index in [9.17, 15) is 0 Å². The van der Waals surface area contributed by atoms with E-state index >= 15 is 0 Å². The highest BCUT2D eigenvalue weighted by molar-refractivity contribution is 7.80. The number of nitrogens with zero attached hydrogens (tertiary/aromatic N) is 3. The second-order valence-electron chi connectivity index (χ2n) is 5.14. The summed E-state index contributed by atoms with van der Waals surface area (Å²) in [6.45, 7) is 5.04. The Morgan fingerprint density at radius 2 is 2.05 bits per heavy atom. The van der Waals surface area contributed by atoms with E-state index in [4.69, 9.17) is 18.0 Å². The van der Waals surface area contributed by atoms with E-state index in [-0.39, 0.29) is 0 Å². The maximum atomic E-state index is 5.69. The molecule has 0 aromatic carbocycles. The number of anilines is 1. The average Bonchev–Trinajstić information content (AvgIpc) is 2.40. The molecule has 0 bridgehead atoms. The zero-order chi connectivity index (χ0) is 13.8. The number of rotatable bonds is 4. The summed E-state index contributed by atoms with van der Waals surface area (Å²) in [5.74, 6) is 0.775. The number of nitrogens with two attached hydrogens (primary N) is 1. The van der Waals surface area contributed by atoms with E-state index in [1.165, 1.54) is 32.1 Å². The highest BCUT2D eigenvalue weighted by Gasteiger charge is 2.22. The molecular weight excluding hydrogens is 256 g/mol. The lowest BCUT2D eigenvalue weighted by Crippen LogP contribution is -2.38. The number of hydrogen-bond donors (Lipinski definition) is 1. The van der Waals surface area contributed by atoms with Crippen LogP contribution in [-0.4, -0.2) is 27.5 Å². The first-order chi connectivity index (χ1) is 9.11. The molecule has 2 rings (SSSR count). The first-order valence-corrected chi connectivity index (χ1v) is 7.44. The number of aromatic nitrogens is 2. The maximum Gasteiger partial charge on any atom is 0.226 e. The molecule has 0 saturated heterocycles. The monoisotopic (exact) mass is 278 g/mol. The third-order valence-electron chi connectivity index (χ3n) is 3.71. The van der Waals surface area contributed by atoms with Crippen LogP contribution in [0.5, 0.6) is 0 Å². The fourth-order valence-electron chi connectivity index (χ4n) is 2.76. The predicted molar refractivity (Wildman–Crippen MR) is 82.5 cm³/mol. The van der Waals surface area contributed by atoms with E-state index in [2.05, 4.69) is 21.8 Å². The maximum absolute atomic E-state index is 5.69. The Morgan fingerprint density at radius 3 is 2.63 bits per heavy atom. The fourth-order valence-corrected chi connectivity index (χ4v) is 2.87. The zero-order valence-electron chi connectivity index (χ0n) is 11.7. The molecule has 1 aliphatic rings. The van der Waals surface area contributed by atoms with Crippen LogP contribution in [0, 0.1) is 6.92 Å². The van der Waals surface area contributed by atoms with Gasteiger partial charge in [0.25, 0.3) is 0 Å². The molecule has 1 fully saturated rings. The molecule has 0 spiro atoms. The van der Waals surface area contributed by atoms with Gasteiger partial charge in [-0.25, -0.2) is 9.97 Å². The van der Waals surface area contributed by atoms with Gasteiger partial charge < -0.3 is 10.6 Å². The van der Waals surface area contributed by atoms with Crippen molar-refractivity contribution >= 4 is 23.2 Å². The molecule has 5 heteroatoms. The second kappa shape index (κ2) is 6.28. The van der Waals surface area contributed by atoms with Gasteiger partial charge in [-0.15, -0.1) is 0 Å². The van der Waals surface area contributed by atoms with Crippen LogP contribution in [0.25, 0.3) is 0 Å². The number of thiocarbonyl (C=S) groups is 1.